The second kappa shape index (κ2) is 7.79. The van der Waals surface area contributed by atoms with E-state index in [1.807, 2.05) is 6.07 Å². The molecule has 7 heteroatoms. The first kappa shape index (κ1) is 17.8. The molecule has 1 aliphatic heterocycles. The number of amides is 1. The Morgan fingerprint density at radius 1 is 1.33 bits per heavy atom. The van der Waals surface area contributed by atoms with E-state index in [0.29, 0.717) is 23.6 Å². The predicted octanol–water partition coefficient (Wildman–Crippen LogP) is 1.96. The van der Waals surface area contributed by atoms with Gasteiger partial charge in [-0.3, -0.25) is 9.59 Å². The van der Waals surface area contributed by atoms with Crippen LogP contribution in [0.5, 0.6) is 0 Å². The van der Waals surface area contributed by atoms with Crippen molar-refractivity contribution in [3.8, 4) is 6.07 Å². The molecule has 1 aliphatic rings. The molecule has 0 bridgehead atoms. The lowest BCUT2D eigenvalue weighted by Gasteiger charge is -2.07. The minimum Gasteiger partial charge on any atom is -0.462 e. The Balaban J connectivity index is 2.09. The molecule has 1 saturated heterocycles. The van der Waals surface area contributed by atoms with Crippen LogP contribution in [0.1, 0.15) is 29.8 Å². The molecule has 1 N–H and O–H groups in total. The van der Waals surface area contributed by atoms with Crippen molar-refractivity contribution in [3.63, 3.8) is 0 Å². The maximum atomic E-state index is 12.0. The molecule has 1 aromatic rings. The fraction of sp³-hybridized carbons (Fsp3) is 0.294. The third-order valence-corrected chi connectivity index (χ3v) is 4.57. The Morgan fingerprint density at radius 3 is 2.54 bits per heavy atom. The van der Waals surface area contributed by atoms with Crippen LogP contribution in [0.4, 0.5) is 0 Å². The van der Waals surface area contributed by atoms with E-state index in [1.165, 1.54) is 18.7 Å². The van der Waals surface area contributed by atoms with Crippen molar-refractivity contribution < 1.29 is 19.1 Å². The Bertz CT molecular complexity index is 747. The highest BCUT2D eigenvalue weighted by Gasteiger charge is 2.32. The number of thioether (sulfide) groups is 1. The molecule has 1 amide bonds. The van der Waals surface area contributed by atoms with Gasteiger partial charge in [0.1, 0.15) is 11.6 Å². The molecule has 1 fully saturated rings. The predicted molar refractivity (Wildman–Crippen MR) is 88.9 cm³/mol. The fourth-order valence-corrected chi connectivity index (χ4v) is 3.36. The van der Waals surface area contributed by atoms with Crippen LogP contribution in [0.3, 0.4) is 0 Å². The third kappa shape index (κ3) is 4.03. The zero-order valence-electron chi connectivity index (χ0n) is 13.3. The number of ether oxygens (including phenoxy) is 1. The highest BCUT2D eigenvalue weighted by molar-refractivity contribution is 8.04. The molecule has 1 aromatic carbocycles. The molecule has 2 rings (SSSR count). The number of nitrogens with zero attached hydrogens (tertiary/aromatic N) is 1. The number of rotatable bonds is 5. The summed E-state index contributed by atoms with van der Waals surface area (Å²) in [5.41, 5.74) is 1.29. The van der Waals surface area contributed by atoms with E-state index < -0.39 is 5.25 Å². The van der Waals surface area contributed by atoms with Gasteiger partial charge in [-0.2, -0.15) is 5.26 Å². The van der Waals surface area contributed by atoms with Crippen molar-refractivity contribution in [2.24, 2.45) is 0 Å². The van der Waals surface area contributed by atoms with Crippen molar-refractivity contribution in [3.05, 3.63) is 46.0 Å². The molecule has 6 nitrogen and oxygen atoms in total. The molecular weight excluding hydrogens is 328 g/mol. The average Bonchev–Trinajstić information content (AvgIpc) is 2.89. The SMILES string of the molecule is CCOC(=O)c1ccc(C[C@@H]2S/C(=C(/C#N)C(C)=O)NC2=O)cc1. The van der Waals surface area contributed by atoms with Crippen LogP contribution in [-0.4, -0.2) is 29.5 Å². The molecule has 0 aromatic heterocycles. The van der Waals surface area contributed by atoms with Crippen molar-refractivity contribution >= 4 is 29.4 Å². The van der Waals surface area contributed by atoms with E-state index in [-0.39, 0.29) is 23.2 Å². The Labute approximate surface area is 143 Å². The summed E-state index contributed by atoms with van der Waals surface area (Å²) in [7, 11) is 0. The van der Waals surface area contributed by atoms with Gasteiger partial charge in [-0.1, -0.05) is 23.9 Å². The van der Waals surface area contributed by atoms with Crippen LogP contribution in [0.15, 0.2) is 34.9 Å². The van der Waals surface area contributed by atoms with Gasteiger partial charge < -0.3 is 10.1 Å². The molecule has 124 valence electrons. The van der Waals surface area contributed by atoms with E-state index in [4.69, 9.17) is 10.00 Å². The van der Waals surface area contributed by atoms with Gasteiger partial charge in [-0.25, -0.2) is 4.79 Å². The van der Waals surface area contributed by atoms with Gasteiger partial charge in [-0.15, -0.1) is 0 Å². The second-order valence-corrected chi connectivity index (χ2v) is 6.30. The lowest BCUT2D eigenvalue weighted by Crippen LogP contribution is -2.24. The number of esters is 1. The van der Waals surface area contributed by atoms with E-state index >= 15 is 0 Å². The molecule has 1 heterocycles. The lowest BCUT2D eigenvalue weighted by atomic mass is 10.1. The zero-order valence-corrected chi connectivity index (χ0v) is 14.1. The van der Waals surface area contributed by atoms with E-state index in [1.54, 1.807) is 31.2 Å². The molecular formula is C17H16N2O4S. The summed E-state index contributed by atoms with van der Waals surface area (Å²) >= 11 is 1.18. The van der Waals surface area contributed by atoms with E-state index in [0.717, 1.165) is 5.56 Å². The van der Waals surface area contributed by atoms with Crippen LogP contribution in [0.25, 0.3) is 0 Å². The summed E-state index contributed by atoms with van der Waals surface area (Å²) in [4.78, 5) is 35.0. The quantitative estimate of drug-likeness (QED) is 0.498. The van der Waals surface area contributed by atoms with Gasteiger partial charge in [0.15, 0.2) is 5.78 Å². The summed E-state index contributed by atoms with van der Waals surface area (Å²) in [5.74, 6) is -0.999. The topological polar surface area (TPSA) is 96.3 Å². The molecule has 0 saturated carbocycles. The Morgan fingerprint density at radius 2 is 2.00 bits per heavy atom. The molecule has 0 radical (unpaired) electrons. The third-order valence-electron chi connectivity index (χ3n) is 3.37. The van der Waals surface area contributed by atoms with Gasteiger partial charge in [0.25, 0.3) is 0 Å². The smallest absolute Gasteiger partial charge is 0.338 e. The number of ketones is 1. The van der Waals surface area contributed by atoms with Gasteiger partial charge in [0, 0.05) is 0 Å². The number of carbonyl (C=O) groups is 3. The number of nitriles is 1. The highest BCUT2D eigenvalue weighted by atomic mass is 32.2. The number of hydrogen-bond acceptors (Lipinski definition) is 6. The Hall–Kier alpha value is -2.59. The lowest BCUT2D eigenvalue weighted by molar-refractivity contribution is -0.119. The molecule has 0 spiro atoms. The highest BCUT2D eigenvalue weighted by Crippen LogP contribution is 2.31. The number of hydrogen-bond donors (Lipinski definition) is 1. The summed E-state index contributed by atoms with van der Waals surface area (Å²) in [5, 5.41) is 11.5. The number of allylic oxidation sites excluding steroid dienone is 1. The number of nitrogens with one attached hydrogen (secondary N) is 1. The first-order valence-corrected chi connectivity index (χ1v) is 8.23. The maximum Gasteiger partial charge on any atom is 0.338 e. The molecule has 1 atom stereocenters. The fourth-order valence-electron chi connectivity index (χ4n) is 2.17. The van der Waals surface area contributed by atoms with Crippen LogP contribution < -0.4 is 5.32 Å². The monoisotopic (exact) mass is 344 g/mol. The maximum absolute atomic E-state index is 12.0. The van der Waals surface area contributed by atoms with E-state index in [9.17, 15) is 14.4 Å². The van der Waals surface area contributed by atoms with Crippen LogP contribution in [0, 0.1) is 11.3 Å². The van der Waals surface area contributed by atoms with Gasteiger partial charge in [-0.05, 0) is 38.0 Å². The molecule has 0 aliphatic carbocycles. The minimum atomic E-state index is -0.420. The van der Waals surface area contributed by atoms with Crippen LogP contribution in [-0.2, 0) is 20.7 Å². The van der Waals surface area contributed by atoms with E-state index in [2.05, 4.69) is 5.32 Å². The Kier molecular flexibility index (Phi) is 5.77. The zero-order chi connectivity index (χ0) is 17.7. The summed E-state index contributed by atoms with van der Waals surface area (Å²) in [6, 6.07) is 8.65. The van der Waals surface area contributed by atoms with Crippen molar-refractivity contribution in [1.29, 1.82) is 5.26 Å². The average molecular weight is 344 g/mol. The number of Topliss-reactive ketones (excluding diaryl/α,β-unsaturated/α-hetero) is 1. The van der Waals surface area contributed by atoms with Crippen molar-refractivity contribution in [1.82, 2.24) is 5.32 Å². The molecule has 0 unspecified atom stereocenters. The van der Waals surface area contributed by atoms with Gasteiger partial charge in [0.2, 0.25) is 5.91 Å². The van der Waals surface area contributed by atoms with Crippen LogP contribution >= 0.6 is 11.8 Å². The first-order valence-electron chi connectivity index (χ1n) is 7.35. The standard InChI is InChI=1S/C17H16N2O4S/c1-3-23-17(22)12-6-4-11(5-7-12)8-14-15(21)19-16(24-14)13(9-18)10(2)20/h4-7,14H,3,8H2,1-2H3,(H,19,21)/b16-13-/t14-/m0/s1. The summed E-state index contributed by atoms with van der Waals surface area (Å²) in [6.45, 7) is 3.34. The van der Waals surface area contributed by atoms with Crippen LogP contribution in [0.2, 0.25) is 0 Å². The summed E-state index contributed by atoms with van der Waals surface area (Å²) < 4.78 is 4.92. The van der Waals surface area contributed by atoms with Crippen molar-refractivity contribution in [2.45, 2.75) is 25.5 Å². The van der Waals surface area contributed by atoms with Gasteiger partial charge >= 0.3 is 5.97 Å². The number of benzene rings is 1. The van der Waals surface area contributed by atoms with Gasteiger partial charge in [0.05, 0.1) is 22.4 Å². The largest absolute Gasteiger partial charge is 0.462 e. The number of carbonyl (C=O) groups excluding carboxylic acids is 3. The van der Waals surface area contributed by atoms with Crippen molar-refractivity contribution in [2.75, 3.05) is 6.61 Å². The minimum absolute atomic E-state index is 0.0338. The molecule has 24 heavy (non-hydrogen) atoms. The normalized spacial score (nSPS) is 18.5. The first-order chi connectivity index (χ1) is 11.5. The summed E-state index contributed by atoms with van der Waals surface area (Å²) in [6.07, 6.45) is 0.430. The second-order valence-electron chi connectivity index (χ2n) is 5.09.